The Labute approximate surface area is 127 Å². The minimum atomic E-state index is -0.0361. The number of nitrogens with one attached hydrogen (secondary N) is 2. The number of nitrogens with zero attached hydrogens (tertiary/aromatic N) is 1. The molecule has 1 aliphatic rings. The van der Waals surface area contributed by atoms with Crippen LogP contribution in [0.25, 0.3) is 0 Å². The zero-order chi connectivity index (χ0) is 15.4. The lowest BCUT2D eigenvalue weighted by Gasteiger charge is -2.41. The summed E-state index contributed by atoms with van der Waals surface area (Å²) in [6.45, 7) is 8.26. The number of rotatable bonds is 4. The number of anilines is 1. The van der Waals surface area contributed by atoms with Crippen LogP contribution in [0.3, 0.4) is 0 Å². The lowest BCUT2D eigenvalue weighted by Crippen LogP contribution is -2.52. The molecule has 0 aromatic heterocycles. The molecule has 1 aliphatic heterocycles. The van der Waals surface area contributed by atoms with Gasteiger partial charge in [0.1, 0.15) is 0 Å². The van der Waals surface area contributed by atoms with Gasteiger partial charge in [0.05, 0.1) is 0 Å². The van der Waals surface area contributed by atoms with E-state index in [1.807, 2.05) is 18.2 Å². The van der Waals surface area contributed by atoms with Crippen LogP contribution in [-0.4, -0.2) is 23.0 Å². The van der Waals surface area contributed by atoms with Crippen LogP contribution in [0.5, 0.6) is 0 Å². The summed E-state index contributed by atoms with van der Waals surface area (Å²) in [7, 11) is 0. The van der Waals surface area contributed by atoms with Crippen molar-refractivity contribution in [1.29, 1.82) is 0 Å². The molecule has 116 valence electrons. The van der Waals surface area contributed by atoms with Crippen LogP contribution in [0.15, 0.2) is 24.3 Å². The van der Waals surface area contributed by atoms with E-state index in [0.29, 0.717) is 12.1 Å². The first-order valence-corrected chi connectivity index (χ1v) is 7.89. The summed E-state index contributed by atoms with van der Waals surface area (Å²) >= 11 is 0. The Morgan fingerprint density at radius 1 is 1.29 bits per heavy atom. The van der Waals surface area contributed by atoms with Gasteiger partial charge in [-0.1, -0.05) is 18.6 Å². The summed E-state index contributed by atoms with van der Waals surface area (Å²) < 4.78 is 0. The van der Waals surface area contributed by atoms with Crippen molar-refractivity contribution in [3.05, 3.63) is 29.8 Å². The Balaban J connectivity index is 2.05. The van der Waals surface area contributed by atoms with Gasteiger partial charge in [-0.05, 0) is 51.3 Å². The first-order valence-electron chi connectivity index (χ1n) is 7.89. The van der Waals surface area contributed by atoms with Crippen LogP contribution >= 0.6 is 0 Å². The second-order valence-corrected chi connectivity index (χ2v) is 6.19. The summed E-state index contributed by atoms with van der Waals surface area (Å²) in [6, 6.07) is 9.40. The van der Waals surface area contributed by atoms with Crippen LogP contribution in [0, 0.1) is 0 Å². The van der Waals surface area contributed by atoms with E-state index in [1.165, 1.54) is 31.7 Å². The van der Waals surface area contributed by atoms with E-state index in [2.05, 4.69) is 42.6 Å². The number of carbonyl (C=O) groups excluding carboxylic acids is 1. The fourth-order valence-electron chi connectivity index (χ4n) is 3.06. The van der Waals surface area contributed by atoms with E-state index in [1.54, 1.807) is 0 Å². The molecular weight excluding hydrogens is 262 g/mol. The van der Waals surface area contributed by atoms with E-state index < -0.39 is 0 Å². The van der Waals surface area contributed by atoms with Crippen molar-refractivity contribution in [3.63, 3.8) is 0 Å². The van der Waals surface area contributed by atoms with Gasteiger partial charge in [0.15, 0.2) is 0 Å². The van der Waals surface area contributed by atoms with E-state index in [4.69, 9.17) is 0 Å². The average Bonchev–Trinajstić information content (AvgIpc) is 2.42. The molecule has 4 nitrogen and oxygen atoms in total. The normalized spacial score (nSPS) is 24.6. The zero-order valence-corrected chi connectivity index (χ0v) is 13.5. The summed E-state index contributed by atoms with van der Waals surface area (Å²) in [5.74, 6) is -0.0361. The van der Waals surface area contributed by atoms with Crippen LogP contribution in [0.2, 0.25) is 0 Å². The third kappa shape index (κ3) is 4.29. The molecule has 1 amide bonds. The van der Waals surface area contributed by atoms with Crippen molar-refractivity contribution >= 4 is 11.6 Å². The van der Waals surface area contributed by atoms with E-state index in [0.717, 1.165) is 5.69 Å². The van der Waals surface area contributed by atoms with Crippen LogP contribution in [0.1, 0.15) is 58.6 Å². The Hall–Kier alpha value is -1.39. The summed E-state index contributed by atoms with van der Waals surface area (Å²) in [5.41, 5.74) is 5.68. The molecule has 0 radical (unpaired) electrons. The molecule has 2 N–H and O–H groups in total. The van der Waals surface area contributed by atoms with Crippen molar-refractivity contribution in [2.75, 3.05) is 5.32 Å². The fraction of sp³-hybridized carbons (Fsp3) is 0.588. The highest BCUT2D eigenvalue weighted by molar-refractivity contribution is 5.88. The van der Waals surface area contributed by atoms with Gasteiger partial charge in [-0.3, -0.25) is 4.79 Å². The fourth-order valence-corrected chi connectivity index (χ4v) is 3.06. The Bertz CT molecular complexity index is 479. The lowest BCUT2D eigenvalue weighted by molar-refractivity contribution is -0.114. The lowest BCUT2D eigenvalue weighted by atomic mass is 9.99. The second-order valence-electron chi connectivity index (χ2n) is 6.19. The van der Waals surface area contributed by atoms with Gasteiger partial charge < -0.3 is 5.32 Å². The number of amides is 1. The predicted molar refractivity (Wildman–Crippen MR) is 86.9 cm³/mol. The molecule has 1 saturated heterocycles. The Morgan fingerprint density at radius 2 is 1.95 bits per heavy atom. The molecule has 21 heavy (non-hydrogen) atoms. The molecule has 0 bridgehead atoms. The molecule has 0 spiro atoms. The van der Waals surface area contributed by atoms with Crippen molar-refractivity contribution < 1.29 is 4.79 Å². The number of benzene rings is 1. The molecule has 3 unspecified atom stereocenters. The highest BCUT2D eigenvalue weighted by Gasteiger charge is 2.25. The predicted octanol–water partition coefficient (Wildman–Crippen LogP) is 3.47. The van der Waals surface area contributed by atoms with Gasteiger partial charge in [0.2, 0.25) is 5.91 Å². The van der Waals surface area contributed by atoms with Gasteiger partial charge in [-0.2, -0.15) is 0 Å². The molecule has 1 heterocycles. The molecule has 3 atom stereocenters. The van der Waals surface area contributed by atoms with E-state index in [9.17, 15) is 4.79 Å². The number of carbonyl (C=O) groups is 1. The number of piperidine rings is 1. The number of hydrazine groups is 1. The van der Waals surface area contributed by atoms with E-state index >= 15 is 0 Å². The maximum atomic E-state index is 11.2. The highest BCUT2D eigenvalue weighted by Crippen LogP contribution is 2.24. The van der Waals surface area contributed by atoms with Gasteiger partial charge >= 0.3 is 0 Å². The summed E-state index contributed by atoms with van der Waals surface area (Å²) in [5, 5.41) is 5.23. The SMILES string of the molecule is CC(=O)Nc1cccc(C(C)NN2C(C)CCCC2C)c1. The molecular formula is C17H27N3O. The van der Waals surface area contributed by atoms with Gasteiger partial charge in [0, 0.05) is 30.7 Å². The molecule has 4 heteroatoms. The zero-order valence-electron chi connectivity index (χ0n) is 13.5. The smallest absolute Gasteiger partial charge is 0.221 e. The molecule has 1 aromatic rings. The number of hydrogen-bond donors (Lipinski definition) is 2. The highest BCUT2D eigenvalue weighted by atomic mass is 16.1. The average molecular weight is 289 g/mol. The molecule has 0 saturated carbocycles. The minimum Gasteiger partial charge on any atom is -0.326 e. The molecule has 1 aromatic carbocycles. The maximum Gasteiger partial charge on any atom is 0.221 e. The molecule has 2 rings (SSSR count). The maximum absolute atomic E-state index is 11.2. The third-order valence-corrected chi connectivity index (χ3v) is 4.24. The molecule has 1 fully saturated rings. The topological polar surface area (TPSA) is 44.4 Å². The van der Waals surface area contributed by atoms with Gasteiger partial charge in [0.25, 0.3) is 0 Å². The van der Waals surface area contributed by atoms with Gasteiger partial charge in [-0.25, -0.2) is 10.4 Å². The van der Waals surface area contributed by atoms with Crippen molar-refractivity contribution in [2.45, 2.75) is 65.1 Å². The van der Waals surface area contributed by atoms with Crippen LogP contribution < -0.4 is 10.7 Å². The summed E-state index contributed by atoms with van der Waals surface area (Å²) in [4.78, 5) is 11.2. The first kappa shape index (κ1) is 16.0. The van der Waals surface area contributed by atoms with E-state index in [-0.39, 0.29) is 11.9 Å². The summed E-state index contributed by atoms with van der Waals surface area (Å²) in [6.07, 6.45) is 3.80. The standard InChI is InChI=1S/C17H27N3O/c1-12-7-5-8-13(2)20(12)19-14(3)16-9-6-10-17(11-16)18-15(4)21/h6,9-14,19H,5,7-8H2,1-4H3,(H,18,21). The third-order valence-electron chi connectivity index (χ3n) is 4.24. The largest absolute Gasteiger partial charge is 0.326 e. The monoisotopic (exact) mass is 289 g/mol. The quantitative estimate of drug-likeness (QED) is 0.892. The van der Waals surface area contributed by atoms with Crippen molar-refractivity contribution in [1.82, 2.24) is 10.4 Å². The van der Waals surface area contributed by atoms with Gasteiger partial charge in [-0.15, -0.1) is 0 Å². The van der Waals surface area contributed by atoms with Crippen LogP contribution in [0.4, 0.5) is 5.69 Å². The van der Waals surface area contributed by atoms with Crippen LogP contribution in [-0.2, 0) is 4.79 Å². The first-order chi connectivity index (χ1) is 9.97. The molecule has 0 aliphatic carbocycles. The Morgan fingerprint density at radius 3 is 2.57 bits per heavy atom. The number of hydrogen-bond acceptors (Lipinski definition) is 3. The minimum absolute atomic E-state index is 0.0361. The second kappa shape index (κ2) is 7.05. The van der Waals surface area contributed by atoms with Crippen molar-refractivity contribution in [2.24, 2.45) is 0 Å². The van der Waals surface area contributed by atoms with Crippen molar-refractivity contribution in [3.8, 4) is 0 Å². The Kier molecular flexibility index (Phi) is 5.37.